The van der Waals surface area contributed by atoms with Crippen molar-refractivity contribution < 1.29 is 17.8 Å². The molecule has 17 heavy (non-hydrogen) atoms. The molecule has 0 heterocycles. The number of carbonyl (C=O) groups excluding carboxylic acids is 2. The van der Waals surface area contributed by atoms with Gasteiger partial charge in [0.15, 0.2) is 0 Å². The fourth-order valence-corrected chi connectivity index (χ4v) is 2.05. The summed E-state index contributed by atoms with van der Waals surface area (Å²) in [6.07, 6.45) is 0.122. The van der Waals surface area contributed by atoms with Gasteiger partial charge in [-0.1, -0.05) is 0 Å². The fourth-order valence-electron chi connectivity index (χ4n) is 1.18. The number of rotatable bonds is 5. The number of nitrogens with two attached hydrogens (primary N) is 1. The molecule has 1 aromatic rings. The summed E-state index contributed by atoms with van der Waals surface area (Å²) in [6.45, 7) is -0.181. The molecule has 0 saturated heterocycles. The van der Waals surface area contributed by atoms with Crippen LogP contribution in [0.25, 0.3) is 0 Å². The first-order valence-corrected chi connectivity index (χ1v) is 7.42. The van der Waals surface area contributed by atoms with Crippen molar-refractivity contribution in [1.29, 1.82) is 0 Å². The Morgan fingerprint density at radius 2 is 1.82 bits per heavy atom. The molecule has 0 aromatic heterocycles. The Bertz CT molecular complexity index is 405. The zero-order valence-corrected chi connectivity index (χ0v) is 10.8. The van der Waals surface area contributed by atoms with E-state index < -0.39 is 21.2 Å². The molecular weight excluding hydrogens is 287 g/mol. The molecule has 0 bridgehead atoms. The number of hydrogen-bond acceptors (Lipinski definition) is 4. The van der Waals surface area contributed by atoms with E-state index in [-0.39, 0.29) is 18.9 Å². The number of carbonyl (C=O) groups is 2. The maximum absolute atomic E-state index is 11.3. The molecule has 0 aliphatic rings. The molecule has 0 saturated carbocycles. The zero-order chi connectivity index (χ0) is 12.8. The van der Waals surface area contributed by atoms with Crippen molar-refractivity contribution in [1.82, 2.24) is 5.32 Å². The van der Waals surface area contributed by atoms with Crippen LogP contribution in [0.3, 0.4) is 0 Å². The topological polar surface area (TPSA) is 113 Å². The molecule has 0 fully saturated rings. The summed E-state index contributed by atoms with van der Waals surface area (Å²) in [5.74, 6) is -0.901. The second-order valence-electron chi connectivity index (χ2n) is 3.38. The predicted octanol–water partition coefficient (Wildman–Crippen LogP) is -2.49. The van der Waals surface area contributed by atoms with Crippen molar-refractivity contribution in [3.8, 4) is 0 Å². The molecule has 92 valence electrons. The van der Waals surface area contributed by atoms with E-state index in [4.69, 9.17) is 13.9 Å². The van der Waals surface area contributed by atoms with Crippen molar-refractivity contribution >= 4 is 31.5 Å². The number of primary amides is 1. The molecule has 2 amide bonds. The van der Waals surface area contributed by atoms with Gasteiger partial charge in [0.1, 0.15) is 0 Å². The summed E-state index contributed by atoms with van der Waals surface area (Å²) >= 11 is -2.84. The molecule has 1 rings (SSSR count). The first-order valence-electron chi connectivity index (χ1n) is 4.81. The quantitative estimate of drug-likeness (QED) is 0.451. The Hall–Kier alpha value is -1.36. The van der Waals surface area contributed by atoms with E-state index in [1.807, 2.05) is 0 Å². The summed E-state index contributed by atoms with van der Waals surface area (Å²) in [5.41, 5.74) is 5.61. The van der Waals surface area contributed by atoms with Crippen LogP contribution in [0.1, 0.15) is 5.56 Å². The number of hydrogen-bond donors (Lipinski definition) is 4. The van der Waals surface area contributed by atoms with Crippen LogP contribution in [0.4, 0.5) is 0 Å². The van der Waals surface area contributed by atoms with Gasteiger partial charge < -0.3 is 0 Å². The monoisotopic (exact) mass is 300 g/mol. The van der Waals surface area contributed by atoms with E-state index in [0.29, 0.717) is 4.35 Å². The molecule has 6 nitrogen and oxygen atoms in total. The maximum atomic E-state index is 11.3. The van der Waals surface area contributed by atoms with E-state index in [1.54, 1.807) is 24.3 Å². The average molecular weight is 300 g/mol. The third-order valence-corrected chi connectivity index (χ3v) is 3.59. The molecule has 0 aliphatic heterocycles. The predicted molar refractivity (Wildman–Crippen MR) is 62.2 cm³/mol. The Kier molecular flexibility index (Phi) is 5.15. The van der Waals surface area contributed by atoms with Gasteiger partial charge in [-0.25, -0.2) is 0 Å². The second kappa shape index (κ2) is 6.39. The number of amides is 2. The Labute approximate surface area is 103 Å². The molecule has 0 radical (unpaired) electrons. The molecule has 0 unspecified atom stereocenters. The van der Waals surface area contributed by atoms with Gasteiger partial charge in [0.2, 0.25) is 0 Å². The van der Waals surface area contributed by atoms with Crippen LogP contribution in [0.2, 0.25) is 0 Å². The summed E-state index contributed by atoms with van der Waals surface area (Å²) in [4.78, 5) is 21.8. The summed E-state index contributed by atoms with van der Waals surface area (Å²) < 4.78 is 18.5. The average Bonchev–Trinajstić information content (AvgIpc) is 2.27. The molecule has 0 spiro atoms. The third-order valence-electron chi connectivity index (χ3n) is 1.99. The van der Waals surface area contributed by atoms with Crippen molar-refractivity contribution in [2.75, 3.05) is 6.54 Å². The minimum absolute atomic E-state index is 0.122. The first-order chi connectivity index (χ1) is 7.99. The van der Waals surface area contributed by atoms with E-state index in [9.17, 15) is 9.59 Å². The minimum atomic E-state index is -2.84. The van der Waals surface area contributed by atoms with Gasteiger partial charge in [-0.05, 0) is 0 Å². The molecule has 1 aromatic carbocycles. The molecular formula is C10H13AsN2O4. The van der Waals surface area contributed by atoms with Gasteiger partial charge in [0.25, 0.3) is 0 Å². The first kappa shape index (κ1) is 13.7. The van der Waals surface area contributed by atoms with Crippen molar-refractivity contribution in [2.24, 2.45) is 5.73 Å². The van der Waals surface area contributed by atoms with E-state index in [1.165, 1.54) is 0 Å². The Balaban J connectivity index is 2.51. The summed E-state index contributed by atoms with van der Waals surface area (Å²) in [7, 11) is 0. The van der Waals surface area contributed by atoms with Crippen LogP contribution in [-0.2, 0) is 16.0 Å². The standard InChI is InChI=1S/C10H13AsN2O4/c12-9(14)6-13-10(15)5-7-1-3-8(4-2-7)11(16)17/h1-4,16-17H,5-6H2,(H2,12,14)(H,13,15). The zero-order valence-electron chi connectivity index (χ0n) is 8.96. The van der Waals surface area contributed by atoms with E-state index >= 15 is 0 Å². The SMILES string of the molecule is NC(=O)CNC(=O)Cc1ccc([As](O)O)cc1. The molecule has 5 N–H and O–H groups in total. The Morgan fingerprint density at radius 1 is 1.24 bits per heavy atom. The van der Waals surface area contributed by atoms with Crippen molar-refractivity contribution in [3.63, 3.8) is 0 Å². The normalized spacial score (nSPS) is 10.3. The second-order valence-corrected chi connectivity index (χ2v) is 5.67. The van der Waals surface area contributed by atoms with Crippen LogP contribution in [0, 0.1) is 0 Å². The van der Waals surface area contributed by atoms with Crippen LogP contribution in [0.15, 0.2) is 24.3 Å². The van der Waals surface area contributed by atoms with Gasteiger partial charge in [-0.3, -0.25) is 0 Å². The van der Waals surface area contributed by atoms with Crippen molar-refractivity contribution in [2.45, 2.75) is 6.42 Å². The summed E-state index contributed by atoms with van der Waals surface area (Å²) in [6, 6.07) is 6.45. The fraction of sp³-hybridized carbons (Fsp3) is 0.200. The van der Waals surface area contributed by atoms with Crippen LogP contribution in [-0.4, -0.2) is 41.9 Å². The van der Waals surface area contributed by atoms with Crippen LogP contribution < -0.4 is 15.4 Å². The van der Waals surface area contributed by atoms with Crippen LogP contribution >= 0.6 is 0 Å². The van der Waals surface area contributed by atoms with Gasteiger partial charge in [-0.2, -0.15) is 0 Å². The molecule has 0 atom stereocenters. The summed E-state index contributed by atoms with van der Waals surface area (Å²) in [5, 5.41) is 2.36. The molecule has 7 heteroatoms. The van der Waals surface area contributed by atoms with Crippen molar-refractivity contribution in [3.05, 3.63) is 29.8 Å². The van der Waals surface area contributed by atoms with Crippen LogP contribution in [0.5, 0.6) is 0 Å². The number of nitrogens with one attached hydrogen (secondary N) is 1. The number of benzene rings is 1. The van der Waals surface area contributed by atoms with Gasteiger partial charge in [0.05, 0.1) is 0 Å². The van der Waals surface area contributed by atoms with Gasteiger partial charge in [-0.15, -0.1) is 0 Å². The third kappa shape index (κ3) is 4.99. The van der Waals surface area contributed by atoms with Gasteiger partial charge in [0, 0.05) is 0 Å². The van der Waals surface area contributed by atoms with E-state index in [0.717, 1.165) is 5.56 Å². The molecule has 0 aliphatic carbocycles. The van der Waals surface area contributed by atoms with E-state index in [2.05, 4.69) is 5.32 Å². The Morgan fingerprint density at radius 3 is 2.29 bits per heavy atom. The van der Waals surface area contributed by atoms with Gasteiger partial charge >= 0.3 is 103 Å².